The summed E-state index contributed by atoms with van der Waals surface area (Å²) in [5.41, 5.74) is 2.56. The van der Waals surface area contributed by atoms with Gasteiger partial charge in [-0.2, -0.15) is 22.0 Å². The van der Waals surface area contributed by atoms with Crippen molar-refractivity contribution in [1.82, 2.24) is 4.90 Å². The number of fused-ring (bicyclic) bond motifs is 1. The molecule has 2 aromatic rings. The lowest BCUT2D eigenvalue weighted by atomic mass is 9.94. The number of hydrogen-bond donors (Lipinski definition) is 0. The van der Waals surface area contributed by atoms with E-state index in [1.807, 2.05) is 18.2 Å². The Hall–Kier alpha value is -3.21. The number of ether oxygens (including phenoxy) is 2. The average molecular weight is 512 g/mol. The summed E-state index contributed by atoms with van der Waals surface area (Å²) in [5, 5.41) is 4.02. The predicted molar refractivity (Wildman–Crippen MR) is 120 cm³/mol. The van der Waals surface area contributed by atoms with E-state index in [2.05, 4.69) is 14.8 Å². The summed E-state index contributed by atoms with van der Waals surface area (Å²) in [4.78, 5) is 19.2. The number of nitrogens with zero attached hydrogens (tertiary/aromatic N) is 2. The van der Waals surface area contributed by atoms with Crippen LogP contribution in [-0.4, -0.2) is 43.4 Å². The van der Waals surface area contributed by atoms with Gasteiger partial charge in [-0.15, -0.1) is 0 Å². The second-order valence-corrected chi connectivity index (χ2v) is 8.80. The SMILES string of the molecule is COC(=O)C1CN(C2CCc3cc(/C(C)=N/OCc4ccc(OC(F)F)c(C(F)(F)F)c4)ccc32)C1. The number of alkyl halides is 5. The highest BCUT2D eigenvalue weighted by Crippen LogP contribution is 2.40. The minimum atomic E-state index is -4.86. The minimum absolute atomic E-state index is 0.0786. The molecule has 194 valence electrons. The first-order chi connectivity index (χ1) is 17.1. The third-order valence-electron chi connectivity index (χ3n) is 6.49. The fourth-order valence-electron chi connectivity index (χ4n) is 4.63. The fourth-order valence-corrected chi connectivity index (χ4v) is 4.63. The zero-order valence-electron chi connectivity index (χ0n) is 19.6. The van der Waals surface area contributed by atoms with Crippen molar-refractivity contribution >= 4 is 11.7 Å². The van der Waals surface area contributed by atoms with E-state index in [-0.39, 0.29) is 30.1 Å². The Morgan fingerprint density at radius 2 is 1.92 bits per heavy atom. The maximum atomic E-state index is 13.2. The normalized spacial score (nSPS) is 18.7. The van der Waals surface area contributed by atoms with Crippen LogP contribution in [0.2, 0.25) is 0 Å². The van der Waals surface area contributed by atoms with Gasteiger partial charge in [0, 0.05) is 19.1 Å². The molecule has 2 aromatic carbocycles. The van der Waals surface area contributed by atoms with Gasteiger partial charge in [-0.25, -0.2) is 0 Å². The summed E-state index contributed by atoms with van der Waals surface area (Å²) >= 11 is 0. The zero-order chi connectivity index (χ0) is 26.0. The van der Waals surface area contributed by atoms with Crippen LogP contribution in [-0.2, 0) is 33.6 Å². The molecule has 1 aliphatic heterocycles. The van der Waals surface area contributed by atoms with Crippen LogP contribution < -0.4 is 4.74 Å². The summed E-state index contributed by atoms with van der Waals surface area (Å²) in [7, 11) is 1.40. The first-order valence-corrected chi connectivity index (χ1v) is 11.3. The molecule has 11 heteroatoms. The molecule has 6 nitrogen and oxygen atoms in total. The van der Waals surface area contributed by atoms with Gasteiger partial charge in [0.1, 0.15) is 12.4 Å². The first-order valence-electron chi connectivity index (χ1n) is 11.3. The van der Waals surface area contributed by atoms with Gasteiger partial charge in [0.2, 0.25) is 0 Å². The molecule has 1 aliphatic carbocycles. The highest BCUT2D eigenvalue weighted by Gasteiger charge is 2.40. The number of benzene rings is 2. The van der Waals surface area contributed by atoms with Crippen molar-refractivity contribution in [1.29, 1.82) is 0 Å². The van der Waals surface area contributed by atoms with Crippen LogP contribution in [0.4, 0.5) is 22.0 Å². The standard InChI is InChI=1S/C25H25F5N2O4/c1-14(31-35-13-15-3-8-22(36-24(26)27)20(9-15)25(28,29)30)16-4-6-19-17(10-16)5-7-21(19)32-11-18(12-32)23(33)34-2/h3-4,6,8-10,18,21,24H,5,7,11-13H2,1-2H3/b31-14+. The molecule has 1 saturated heterocycles. The monoisotopic (exact) mass is 512 g/mol. The van der Waals surface area contributed by atoms with Crippen molar-refractivity contribution in [2.24, 2.45) is 11.1 Å². The van der Waals surface area contributed by atoms with Crippen LogP contribution in [0, 0.1) is 5.92 Å². The summed E-state index contributed by atoms with van der Waals surface area (Å²) in [5.74, 6) is -1.21. The molecule has 0 saturated carbocycles. The Labute approximate surface area is 204 Å². The minimum Gasteiger partial charge on any atom is -0.469 e. The quantitative estimate of drug-likeness (QED) is 0.207. The highest BCUT2D eigenvalue weighted by molar-refractivity contribution is 5.98. The topological polar surface area (TPSA) is 60.4 Å². The number of hydrogen-bond acceptors (Lipinski definition) is 6. The van der Waals surface area contributed by atoms with Crippen LogP contribution in [0.3, 0.4) is 0 Å². The van der Waals surface area contributed by atoms with Gasteiger partial charge < -0.3 is 14.3 Å². The number of aryl methyl sites for hydroxylation is 1. The van der Waals surface area contributed by atoms with E-state index in [1.54, 1.807) is 6.92 Å². The van der Waals surface area contributed by atoms with E-state index in [0.29, 0.717) is 24.9 Å². The molecule has 0 radical (unpaired) electrons. The zero-order valence-corrected chi connectivity index (χ0v) is 19.6. The number of halogens is 5. The van der Waals surface area contributed by atoms with Crippen LogP contribution in [0.15, 0.2) is 41.6 Å². The maximum Gasteiger partial charge on any atom is 0.419 e. The third kappa shape index (κ3) is 5.61. The van der Waals surface area contributed by atoms with Crippen molar-refractivity contribution < 1.29 is 41.1 Å². The van der Waals surface area contributed by atoms with Crippen molar-refractivity contribution in [3.63, 3.8) is 0 Å². The number of oxime groups is 1. The smallest absolute Gasteiger partial charge is 0.419 e. The van der Waals surface area contributed by atoms with Crippen LogP contribution in [0.5, 0.6) is 5.75 Å². The molecule has 0 bridgehead atoms. The lowest BCUT2D eigenvalue weighted by Gasteiger charge is -2.41. The number of esters is 1. The molecule has 0 amide bonds. The van der Waals surface area contributed by atoms with Crippen molar-refractivity contribution in [3.8, 4) is 5.75 Å². The predicted octanol–water partition coefficient (Wildman–Crippen LogP) is 5.34. The van der Waals surface area contributed by atoms with Gasteiger partial charge in [0.05, 0.1) is 24.3 Å². The molecule has 1 unspecified atom stereocenters. The first kappa shape index (κ1) is 25.9. The summed E-state index contributed by atoms with van der Waals surface area (Å²) in [6.45, 7) is -0.564. The number of likely N-dealkylation sites (tertiary alicyclic amines) is 1. The van der Waals surface area contributed by atoms with Crippen LogP contribution in [0.25, 0.3) is 0 Å². The van der Waals surface area contributed by atoms with Gasteiger partial charge in [-0.3, -0.25) is 9.69 Å². The van der Waals surface area contributed by atoms with Gasteiger partial charge in [0.25, 0.3) is 0 Å². The van der Waals surface area contributed by atoms with Crippen molar-refractivity contribution in [2.75, 3.05) is 20.2 Å². The Kier molecular flexibility index (Phi) is 7.49. The molecule has 0 aromatic heterocycles. The van der Waals surface area contributed by atoms with Gasteiger partial charge in [-0.05, 0) is 60.2 Å². The average Bonchev–Trinajstić information content (AvgIpc) is 3.20. The Morgan fingerprint density at radius 1 is 1.17 bits per heavy atom. The molecule has 1 heterocycles. The number of methoxy groups -OCH3 is 1. The van der Waals surface area contributed by atoms with E-state index >= 15 is 0 Å². The molecule has 1 atom stereocenters. The van der Waals surface area contributed by atoms with E-state index in [1.165, 1.54) is 24.3 Å². The molecular formula is C25H25F5N2O4. The van der Waals surface area contributed by atoms with Crippen molar-refractivity contribution in [3.05, 3.63) is 64.2 Å². The molecule has 0 N–H and O–H groups in total. The van der Waals surface area contributed by atoms with Gasteiger partial charge >= 0.3 is 18.8 Å². The summed E-state index contributed by atoms with van der Waals surface area (Å²) in [6, 6.07) is 8.98. The molecule has 4 rings (SSSR count). The lowest BCUT2D eigenvalue weighted by Crippen LogP contribution is -2.51. The molecule has 36 heavy (non-hydrogen) atoms. The number of carbonyl (C=O) groups is 1. The molecular weight excluding hydrogens is 487 g/mol. The van der Waals surface area contributed by atoms with E-state index in [0.717, 1.165) is 24.5 Å². The lowest BCUT2D eigenvalue weighted by molar-refractivity contribution is -0.152. The summed E-state index contributed by atoms with van der Waals surface area (Å²) in [6.07, 6.45) is -3.03. The molecule has 2 aliphatic rings. The second-order valence-electron chi connectivity index (χ2n) is 8.80. The Morgan fingerprint density at radius 3 is 2.58 bits per heavy atom. The number of carbonyl (C=O) groups excluding carboxylic acids is 1. The molecule has 0 spiro atoms. The number of rotatable bonds is 8. The Balaban J connectivity index is 1.39. The van der Waals surface area contributed by atoms with Gasteiger partial charge in [0.15, 0.2) is 0 Å². The Bertz CT molecular complexity index is 1150. The van der Waals surface area contributed by atoms with Crippen molar-refractivity contribution in [2.45, 2.75) is 45.2 Å². The highest BCUT2D eigenvalue weighted by atomic mass is 19.4. The summed E-state index contributed by atoms with van der Waals surface area (Å²) < 4.78 is 73.3. The second kappa shape index (κ2) is 10.4. The van der Waals surface area contributed by atoms with E-state index < -0.39 is 24.1 Å². The van der Waals surface area contributed by atoms with Crippen LogP contribution in [0.1, 0.15) is 47.2 Å². The third-order valence-corrected chi connectivity index (χ3v) is 6.49. The van der Waals surface area contributed by atoms with E-state index in [9.17, 15) is 26.7 Å². The molecule has 1 fully saturated rings. The van der Waals surface area contributed by atoms with Crippen LogP contribution >= 0.6 is 0 Å². The fraction of sp³-hybridized carbons (Fsp3) is 0.440. The van der Waals surface area contributed by atoms with Gasteiger partial charge in [-0.1, -0.05) is 23.4 Å². The maximum absolute atomic E-state index is 13.2. The van der Waals surface area contributed by atoms with E-state index in [4.69, 9.17) is 9.57 Å². The largest absolute Gasteiger partial charge is 0.469 e.